The molecule has 0 bridgehead atoms. The zero-order valence-electron chi connectivity index (χ0n) is 10.5. The van der Waals surface area contributed by atoms with Gasteiger partial charge in [0.1, 0.15) is 5.75 Å². The summed E-state index contributed by atoms with van der Waals surface area (Å²) in [5, 5.41) is 1.24. The molecular weight excluding hydrogens is 272 g/mol. The van der Waals surface area contributed by atoms with Crippen LogP contribution in [0.4, 0.5) is 0 Å². The van der Waals surface area contributed by atoms with Crippen LogP contribution in [0.5, 0.6) is 5.75 Å². The Morgan fingerprint density at radius 1 is 1.10 bits per heavy atom. The lowest BCUT2D eigenvalue weighted by Crippen LogP contribution is -2.05. The summed E-state index contributed by atoms with van der Waals surface area (Å²) in [6.45, 7) is 3.37. The molecule has 4 heteroatoms. The Kier molecular flexibility index (Phi) is 3.08. The van der Waals surface area contributed by atoms with Crippen LogP contribution in [0.2, 0.25) is 0 Å². The summed E-state index contributed by atoms with van der Waals surface area (Å²) < 4.78 is 6.74. The van der Waals surface area contributed by atoms with Crippen LogP contribution in [0.25, 0.3) is 20.2 Å². The number of ether oxygens (including phenoxy) is 1. The Morgan fingerprint density at radius 3 is 2.65 bits per heavy atom. The van der Waals surface area contributed by atoms with Gasteiger partial charge in [-0.05, 0) is 24.3 Å². The van der Waals surface area contributed by atoms with Crippen molar-refractivity contribution in [1.82, 2.24) is 0 Å². The largest absolute Gasteiger partial charge is 0.422 e. The maximum Gasteiger partial charge on any atom is 0.335 e. The topological polar surface area (TPSA) is 43.4 Å². The van der Waals surface area contributed by atoms with Crippen LogP contribution in [-0.4, -0.2) is 5.97 Å². The van der Waals surface area contributed by atoms with Crippen molar-refractivity contribution >= 4 is 37.5 Å². The molecule has 0 radical (unpaired) electrons. The van der Waals surface area contributed by atoms with E-state index in [0.717, 1.165) is 10.8 Å². The van der Waals surface area contributed by atoms with E-state index in [-0.39, 0.29) is 5.43 Å². The highest BCUT2D eigenvalue weighted by Crippen LogP contribution is 2.31. The quantitative estimate of drug-likeness (QED) is 0.313. The summed E-state index contributed by atoms with van der Waals surface area (Å²) in [5.74, 6) is -0.148. The van der Waals surface area contributed by atoms with Crippen LogP contribution in [-0.2, 0) is 4.79 Å². The molecule has 98 valence electrons. The minimum absolute atomic E-state index is 0.0501. The van der Waals surface area contributed by atoms with E-state index in [1.165, 1.54) is 11.3 Å². The highest BCUT2D eigenvalue weighted by molar-refractivity contribution is 7.24. The van der Waals surface area contributed by atoms with Crippen molar-refractivity contribution in [3.63, 3.8) is 0 Å². The lowest BCUT2D eigenvalue weighted by Gasteiger charge is -2.06. The molecule has 0 unspecified atom stereocenters. The number of carbonyl (C=O) groups is 1. The third-order valence-electron chi connectivity index (χ3n) is 2.94. The van der Waals surface area contributed by atoms with E-state index in [2.05, 4.69) is 6.58 Å². The van der Waals surface area contributed by atoms with Gasteiger partial charge in [-0.25, -0.2) is 4.79 Å². The van der Waals surface area contributed by atoms with Crippen molar-refractivity contribution in [3.05, 3.63) is 65.3 Å². The lowest BCUT2D eigenvalue weighted by atomic mass is 10.2. The second-order valence-corrected chi connectivity index (χ2v) is 5.24. The molecule has 0 aliphatic heterocycles. The van der Waals surface area contributed by atoms with Crippen LogP contribution in [0, 0.1) is 0 Å². The van der Waals surface area contributed by atoms with E-state index in [1.54, 1.807) is 24.3 Å². The number of carbonyl (C=O) groups excluding carboxylic acids is 1. The number of benzene rings is 2. The fourth-order valence-electron chi connectivity index (χ4n) is 2.03. The first-order chi connectivity index (χ1) is 9.70. The molecule has 1 heterocycles. The van der Waals surface area contributed by atoms with E-state index in [0.29, 0.717) is 21.2 Å². The van der Waals surface area contributed by atoms with Crippen molar-refractivity contribution in [1.29, 1.82) is 0 Å². The van der Waals surface area contributed by atoms with Gasteiger partial charge in [0.25, 0.3) is 0 Å². The number of hydrogen-bond donors (Lipinski definition) is 0. The smallest absolute Gasteiger partial charge is 0.335 e. The van der Waals surface area contributed by atoms with Gasteiger partial charge in [-0.3, -0.25) is 4.79 Å². The molecule has 0 aliphatic carbocycles. The molecule has 0 fully saturated rings. The van der Waals surface area contributed by atoms with Crippen molar-refractivity contribution in [2.75, 3.05) is 0 Å². The predicted octanol–water partition coefficient (Wildman–Crippen LogP) is 3.51. The average molecular weight is 282 g/mol. The number of fused-ring (bicyclic) bond motifs is 2. The molecule has 20 heavy (non-hydrogen) atoms. The van der Waals surface area contributed by atoms with Crippen molar-refractivity contribution in [2.24, 2.45) is 0 Å². The van der Waals surface area contributed by atoms with Gasteiger partial charge >= 0.3 is 5.97 Å². The summed E-state index contributed by atoms with van der Waals surface area (Å²) in [6.07, 6.45) is 1.10. The monoisotopic (exact) mass is 282 g/mol. The Balaban J connectivity index is 2.37. The van der Waals surface area contributed by atoms with E-state index >= 15 is 0 Å². The van der Waals surface area contributed by atoms with E-state index in [9.17, 15) is 9.59 Å². The number of esters is 1. The van der Waals surface area contributed by atoms with Gasteiger partial charge in [0.05, 0.1) is 4.70 Å². The average Bonchev–Trinajstić information content (AvgIpc) is 2.48. The zero-order chi connectivity index (χ0) is 14.1. The van der Waals surface area contributed by atoms with Gasteiger partial charge in [-0.2, -0.15) is 0 Å². The summed E-state index contributed by atoms with van der Waals surface area (Å²) >= 11 is 1.43. The van der Waals surface area contributed by atoms with Crippen molar-refractivity contribution < 1.29 is 9.53 Å². The Bertz CT molecular complexity index is 893. The summed E-state index contributed by atoms with van der Waals surface area (Å²) in [5.41, 5.74) is -0.0501. The molecule has 0 N–H and O–H groups in total. The molecule has 0 spiro atoms. The maximum absolute atomic E-state index is 12.4. The Morgan fingerprint density at radius 2 is 1.85 bits per heavy atom. The summed E-state index contributed by atoms with van der Waals surface area (Å²) in [7, 11) is 0. The Labute approximate surface area is 118 Å². The van der Waals surface area contributed by atoms with E-state index in [4.69, 9.17) is 4.74 Å². The second-order valence-electron chi connectivity index (χ2n) is 4.19. The Hall–Kier alpha value is -2.46. The lowest BCUT2D eigenvalue weighted by molar-refractivity contribution is -0.128. The molecule has 0 atom stereocenters. The first-order valence-corrected chi connectivity index (χ1v) is 6.81. The molecule has 3 aromatic rings. The molecular formula is C16H10O3S. The normalized spacial score (nSPS) is 10.6. The fourth-order valence-corrected chi connectivity index (χ4v) is 3.15. The van der Waals surface area contributed by atoms with E-state index in [1.807, 2.05) is 18.2 Å². The fraction of sp³-hybridized carbons (Fsp3) is 0. The van der Waals surface area contributed by atoms with Crippen molar-refractivity contribution in [2.45, 2.75) is 0 Å². The minimum Gasteiger partial charge on any atom is -0.422 e. The van der Waals surface area contributed by atoms with Crippen molar-refractivity contribution in [3.8, 4) is 5.75 Å². The SMILES string of the molecule is C=CC(=O)Oc1cccc2c(=O)c3ccccc3sc12. The summed E-state index contributed by atoms with van der Waals surface area (Å²) in [4.78, 5) is 23.8. The molecule has 3 rings (SSSR count). The highest BCUT2D eigenvalue weighted by Gasteiger charge is 2.11. The van der Waals surface area contributed by atoms with Crippen LogP contribution < -0.4 is 10.2 Å². The van der Waals surface area contributed by atoms with Gasteiger partial charge in [0.2, 0.25) is 0 Å². The molecule has 1 aromatic heterocycles. The number of hydrogen-bond acceptors (Lipinski definition) is 4. The van der Waals surface area contributed by atoms with E-state index < -0.39 is 5.97 Å². The molecule has 0 amide bonds. The van der Waals surface area contributed by atoms with Gasteiger partial charge in [0.15, 0.2) is 5.43 Å². The first-order valence-electron chi connectivity index (χ1n) is 5.99. The standard InChI is InChI=1S/C16H10O3S/c1-2-14(17)19-12-8-5-7-11-15(18)10-6-3-4-9-13(10)20-16(11)12/h2-9H,1H2. The number of rotatable bonds is 2. The molecule has 2 aromatic carbocycles. The summed E-state index contributed by atoms with van der Waals surface area (Å²) in [6, 6.07) is 12.5. The van der Waals surface area contributed by atoms with Gasteiger partial charge in [-0.15, -0.1) is 11.3 Å². The van der Waals surface area contributed by atoms with Gasteiger partial charge in [0, 0.05) is 21.5 Å². The molecule has 0 aliphatic rings. The third-order valence-corrected chi connectivity index (χ3v) is 4.15. The van der Waals surface area contributed by atoms with Crippen LogP contribution in [0.1, 0.15) is 0 Å². The van der Waals surface area contributed by atoms with Gasteiger partial charge in [-0.1, -0.05) is 24.8 Å². The van der Waals surface area contributed by atoms with Crippen LogP contribution in [0.15, 0.2) is 59.9 Å². The van der Waals surface area contributed by atoms with Crippen LogP contribution in [0.3, 0.4) is 0 Å². The predicted molar refractivity (Wildman–Crippen MR) is 81.4 cm³/mol. The molecule has 3 nitrogen and oxygen atoms in total. The van der Waals surface area contributed by atoms with Crippen LogP contribution >= 0.6 is 11.3 Å². The second kappa shape index (κ2) is 4.90. The minimum atomic E-state index is -0.537. The molecule has 0 saturated carbocycles. The third kappa shape index (κ3) is 2.00. The maximum atomic E-state index is 12.4. The molecule has 0 saturated heterocycles. The van der Waals surface area contributed by atoms with Gasteiger partial charge < -0.3 is 4.74 Å². The zero-order valence-corrected chi connectivity index (χ0v) is 11.3. The highest BCUT2D eigenvalue weighted by atomic mass is 32.1. The first kappa shape index (κ1) is 12.6.